The fourth-order valence-corrected chi connectivity index (χ4v) is 2.24. The van der Waals surface area contributed by atoms with Gasteiger partial charge in [-0.25, -0.2) is 0 Å². The Hall–Kier alpha value is -0.350. The van der Waals surface area contributed by atoms with Crippen LogP contribution in [0.25, 0.3) is 0 Å². The zero-order chi connectivity index (χ0) is 9.90. The van der Waals surface area contributed by atoms with Gasteiger partial charge in [-0.2, -0.15) is 0 Å². The molecule has 0 unspecified atom stereocenters. The highest BCUT2D eigenvalue weighted by Crippen LogP contribution is 2.29. The normalized spacial score (nSPS) is 21.5. The molecule has 0 radical (unpaired) electrons. The van der Waals surface area contributed by atoms with Crippen molar-refractivity contribution in [1.29, 1.82) is 0 Å². The summed E-state index contributed by atoms with van der Waals surface area (Å²) >= 11 is 4.91. The van der Waals surface area contributed by atoms with Gasteiger partial charge in [0.15, 0.2) is 5.11 Å². The molecule has 1 aliphatic carbocycles. The molecule has 1 fully saturated rings. The van der Waals surface area contributed by atoms with Gasteiger partial charge >= 0.3 is 0 Å². The molecule has 3 N–H and O–H groups in total. The Morgan fingerprint density at radius 1 is 1.31 bits per heavy atom. The van der Waals surface area contributed by atoms with E-state index in [0.29, 0.717) is 5.11 Å². The summed E-state index contributed by atoms with van der Waals surface area (Å²) in [6.45, 7) is 0. The third-order valence-corrected chi connectivity index (χ3v) is 2.99. The Morgan fingerprint density at radius 3 is 2.23 bits per heavy atom. The molecular formula is C9H19N3S. The smallest absolute Gasteiger partial charge is 0.165 e. The quantitative estimate of drug-likeness (QED) is 0.517. The Labute approximate surface area is 85.7 Å². The molecule has 0 saturated heterocycles. The first-order valence-electron chi connectivity index (χ1n) is 4.82. The van der Waals surface area contributed by atoms with Crippen LogP contribution >= 0.6 is 12.2 Å². The summed E-state index contributed by atoms with van der Waals surface area (Å²) < 4.78 is 0. The largest absolute Gasteiger partial charge is 0.376 e. The summed E-state index contributed by atoms with van der Waals surface area (Å²) in [7, 11) is 4.16. The van der Waals surface area contributed by atoms with Gasteiger partial charge in [0.1, 0.15) is 0 Å². The zero-order valence-corrected chi connectivity index (χ0v) is 9.28. The van der Waals surface area contributed by atoms with Gasteiger partial charge in [-0.05, 0) is 52.0 Å². The molecule has 0 amide bonds. The lowest BCUT2D eigenvalue weighted by molar-refractivity contribution is 0.0850. The molecule has 0 aliphatic heterocycles. The summed E-state index contributed by atoms with van der Waals surface area (Å²) in [4.78, 5) is 2.20. The monoisotopic (exact) mass is 201 g/mol. The van der Waals surface area contributed by atoms with Crippen molar-refractivity contribution in [1.82, 2.24) is 10.2 Å². The lowest BCUT2D eigenvalue weighted by Crippen LogP contribution is -2.60. The van der Waals surface area contributed by atoms with Crippen LogP contribution in [-0.4, -0.2) is 29.8 Å². The van der Waals surface area contributed by atoms with Crippen LogP contribution in [0.5, 0.6) is 0 Å². The third-order valence-electron chi connectivity index (χ3n) is 2.89. The molecule has 13 heavy (non-hydrogen) atoms. The summed E-state index contributed by atoms with van der Waals surface area (Å²) in [6, 6.07) is 0. The molecule has 0 aromatic rings. The fraction of sp³-hybridized carbons (Fsp3) is 0.889. The first-order valence-corrected chi connectivity index (χ1v) is 5.23. The van der Waals surface area contributed by atoms with Crippen molar-refractivity contribution in [3.8, 4) is 0 Å². The van der Waals surface area contributed by atoms with Gasteiger partial charge in [0, 0.05) is 0 Å². The lowest BCUT2D eigenvalue weighted by Gasteiger charge is -2.43. The number of nitrogens with one attached hydrogen (secondary N) is 1. The van der Waals surface area contributed by atoms with Gasteiger partial charge in [-0.3, -0.25) is 4.90 Å². The van der Waals surface area contributed by atoms with E-state index in [2.05, 4.69) is 24.3 Å². The van der Waals surface area contributed by atoms with Gasteiger partial charge < -0.3 is 11.1 Å². The third kappa shape index (κ3) is 2.54. The van der Waals surface area contributed by atoms with E-state index in [0.717, 1.165) is 12.8 Å². The van der Waals surface area contributed by atoms with Crippen LogP contribution in [0, 0.1) is 0 Å². The van der Waals surface area contributed by atoms with E-state index in [4.69, 9.17) is 18.0 Å². The van der Waals surface area contributed by atoms with E-state index in [9.17, 15) is 0 Å². The minimum atomic E-state index is 0.0179. The number of thiocarbonyl (C=S) groups is 1. The minimum Gasteiger partial charge on any atom is -0.376 e. The van der Waals surface area contributed by atoms with Crippen LogP contribution in [0.2, 0.25) is 0 Å². The lowest BCUT2D eigenvalue weighted by atomic mass is 9.88. The first-order chi connectivity index (χ1) is 6.07. The molecule has 0 aromatic heterocycles. The second-order valence-corrected chi connectivity index (χ2v) is 4.42. The van der Waals surface area contributed by atoms with Crippen LogP contribution in [-0.2, 0) is 0 Å². The molecule has 0 atom stereocenters. The Kier molecular flexibility index (Phi) is 3.50. The van der Waals surface area contributed by atoms with Crippen LogP contribution in [0.3, 0.4) is 0 Å². The van der Waals surface area contributed by atoms with Crippen LogP contribution in [0.4, 0.5) is 0 Å². The van der Waals surface area contributed by atoms with Gasteiger partial charge in [0.05, 0.1) is 5.66 Å². The van der Waals surface area contributed by atoms with Crippen LogP contribution in [0.15, 0.2) is 0 Å². The summed E-state index contributed by atoms with van der Waals surface area (Å²) in [6.07, 6.45) is 6.12. The average molecular weight is 201 g/mol. The highest BCUT2D eigenvalue weighted by molar-refractivity contribution is 7.80. The fourth-order valence-electron chi connectivity index (χ4n) is 2.05. The maximum Gasteiger partial charge on any atom is 0.165 e. The van der Waals surface area contributed by atoms with E-state index >= 15 is 0 Å². The average Bonchev–Trinajstić information content (AvgIpc) is 2.04. The van der Waals surface area contributed by atoms with Crippen LogP contribution in [0.1, 0.15) is 32.1 Å². The highest BCUT2D eigenvalue weighted by atomic mass is 32.1. The van der Waals surface area contributed by atoms with Crippen LogP contribution < -0.4 is 11.1 Å². The number of nitrogens with zero attached hydrogens (tertiary/aromatic N) is 1. The number of nitrogens with two attached hydrogens (primary N) is 1. The highest BCUT2D eigenvalue weighted by Gasteiger charge is 2.34. The molecule has 0 heterocycles. The maximum absolute atomic E-state index is 5.54. The van der Waals surface area contributed by atoms with Gasteiger partial charge in [-0.1, -0.05) is 6.42 Å². The van der Waals surface area contributed by atoms with Crippen molar-refractivity contribution < 1.29 is 0 Å². The van der Waals surface area contributed by atoms with E-state index in [1.54, 1.807) is 0 Å². The van der Waals surface area contributed by atoms with E-state index < -0.39 is 0 Å². The first kappa shape index (κ1) is 10.7. The zero-order valence-electron chi connectivity index (χ0n) is 8.47. The van der Waals surface area contributed by atoms with E-state index in [1.807, 2.05) is 0 Å². The summed E-state index contributed by atoms with van der Waals surface area (Å²) in [5, 5.41) is 3.64. The molecule has 76 valence electrons. The second kappa shape index (κ2) is 4.24. The van der Waals surface area contributed by atoms with Crippen molar-refractivity contribution in [3.63, 3.8) is 0 Å². The van der Waals surface area contributed by atoms with Crippen molar-refractivity contribution in [3.05, 3.63) is 0 Å². The molecule has 3 nitrogen and oxygen atoms in total. The number of hydrogen-bond acceptors (Lipinski definition) is 2. The Morgan fingerprint density at radius 2 is 1.85 bits per heavy atom. The Bertz CT molecular complexity index is 185. The Balaban J connectivity index is 2.67. The van der Waals surface area contributed by atoms with E-state index in [1.165, 1.54) is 19.3 Å². The van der Waals surface area contributed by atoms with Gasteiger partial charge in [0.2, 0.25) is 0 Å². The molecule has 0 aromatic carbocycles. The van der Waals surface area contributed by atoms with Crippen molar-refractivity contribution in [2.45, 2.75) is 37.8 Å². The second-order valence-electron chi connectivity index (χ2n) is 3.98. The molecular weight excluding hydrogens is 182 g/mol. The van der Waals surface area contributed by atoms with Crippen molar-refractivity contribution in [2.24, 2.45) is 5.73 Å². The molecule has 4 heteroatoms. The summed E-state index contributed by atoms with van der Waals surface area (Å²) in [5.41, 5.74) is 5.56. The standard InChI is InChI=1S/C9H19N3S/c1-12(2)9(11-8(10)13)6-4-3-5-7-9/h3-7H2,1-2H3,(H3,10,11,13). The molecule has 0 bridgehead atoms. The predicted molar refractivity (Wildman–Crippen MR) is 59.4 cm³/mol. The number of rotatable bonds is 2. The molecule has 1 saturated carbocycles. The predicted octanol–water partition coefficient (Wildman–Crippen LogP) is 1.04. The van der Waals surface area contributed by atoms with Gasteiger partial charge in [-0.15, -0.1) is 0 Å². The van der Waals surface area contributed by atoms with Crippen molar-refractivity contribution in [2.75, 3.05) is 14.1 Å². The topological polar surface area (TPSA) is 41.3 Å². The SMILES string of the molecule is CN(C)C1(NC(N)=S)CCCCC1. The van der Waals surface area contributed by atoms with Crippen molar-refractivity contribution >= 4 is 17.3 Å². The number of hydrogen-bond donors (Lipinski definition) is 2. The molecule has 1 aliphatic rings. The minimum absolute atomic E-state index is 0.0179. The summed E-state index contributed by atoms with van der Waals surface area (Å²) in [5.74, 6) is 0. The molecule has 0 spiro atoms. The maximum atomic E-state index is 5.54. The van der Waals surface area contributed by atoms with E-state index in [-0.39, 0.29) is 5.66 Å². The van der Waals surface area contributed by atoms with Gasteiger partial charge in [0.25, 0.3) is 0 Å². The molecule has 1 rings (SSSR count).